The largest absolute Gasteiger partial charge is 0.276 e. The van der Waals surface area contributed by atoms with Gasteiger partial charge < -0.3 is 0 Å². The minimum Gasteiger partial charge on any atom is -0.211 e. The summed E-state index contributed by atoms with van der Waals surface area (Å²) in [6.45, 7) is 7.42. The zero-order chi connectivity index (χ0) is 20.9. The minimum atomic E-state index is -3.80. The Kier molecular flexibility index (Phi) is 6.97. The lowest BCUT2D eigenvalue weighted by molar-refractivity contribution is 0.580. The smallest absolute Gasteiger partial charge is 0.211 e. The highest BCUT2D eigenvalue weighted by atomic mass is 32.2. The van der Waals surface area contributed by atoms with Gasteiger partial charge in [-0.15, -0.1) is 0 Å². The van der Waals surface area contributed by atoms with Crippen molar-refractivity contribution in [1.82, 2.24) is 9.55 Å². The first-order valence-electron chi connectivity index (χ1n) is 8.80. The summed E-state index contributed by atoms with van der Waals surface area (Å²) in [6, 6.07) is 11.3. The van der Waals surface area contributed by atoms with Crippen molar-refractivity contribution < 1.29 is 16.8 Å². The molecule has 28 heavy (non-hydrogen) atoms. The number of rotatable bonds is 8. The van der Waals surface area contributed by atoms with Crippen LogP contribution in [0.25, 0.3) is 0 Å². The third-order valence-electron chi connectivity index (χ3n) is 4.09. The maximum Gasteiger partial charge on any atom is 0.276 e. The molecule has 0 atom stereocenters. The van der Waals surface area contributed by atoms with Gasteiger partial charge in [0.15, 0.2) is 0 Å². The van der Waals surface area contributed by atoms with Gasteiger partial charge in [0.25, 0.3) is 10.0 Å². The molecule has 0 radical (unpaired) electrons. The van der Waals surface area contributed by atoms with Gasteiger partial charge in [-0.25, -0.2) is 13.1 Å². The van der Waals surface area contributed by atoms with Crippen LogP contribution in [0.15, 0.2) is 57.4 Å². The van der Waals surface area contributed by atoms with E-state index in [1.165, 1.54) is 12.1 Å². The van der Waals surface area contributed by atoms with Crippen LogP contribution in [0.1, 0.15) is 37.0 Å². The molecule has 0 spiro atoms. The highest BCUT2D eigenvalue weighted by Gasteiger charge is 2.17. The summed E-state index contributed by atoms with van der Waals surface area (Å²) in [7, 11) is -7.35. The molecule has 0 unspecified atom stereocenters. The fourth-order valence-electron chi connectivity index (χ4n) is 2.43. The van der Waals surface area contributed by atoms with Crippen LogP contribution >= 0.6 is 0 Å². The van der Waals surface area contributed by atoms with Gasteiger partial charge in [-0.2, -0.15) is 18.4 Å². The molecule has 0 amide bonds. The average Bonchev–Trinajstić information content (AvgIpc) is 2.66. The molecule has 0 saturated heterocycles. The van der Waals surface area contributed by atoms with E-state index in [2.05, 4.69) is 14.7 Å². The summed E-state index contributed by atoms with van der Waals surface area (Å²) >= 11 is 0. The normalized spacial score (nSPS) is 12.8. The number of hydrazone groups is 1. The van der Waals surface area contributed by atoms with Crippen molar-refractivity contribution >= 4 is 25.8 Å². The Morgan fingerprint density at radius 1 is 0.964 bits per heavy atom. The Balaban J connectivity index is 2.20. The molecule has 2 aromatic rings. The number of nitrogens with zero attached hydrogens (tertiary/aromatic N) is 1. The molecule has 2 aromatic carbocycles. The van der Waals surface area contributed by atoms with Crippen molar-refractivity contribution in [3.05, 3.63) is 59.2 Å². The molecule has 0 fully saturated rings. The number of benzene rings is 2. The molecule has 9 heteroatoms. The van der Waals surface area contributed by atoms with E-state index in [1.54, 1.807) is 38.1 Å². The first kappa shape index (κ1) is 22.1. The molecule has 0 saturated carbocycles. The zero-order valence-electron chi connectivity index (χ0n) is 16.4. The average molecular weight is 424 g/mol. The summed E-state index contributed by atoms with van der Waals surface area (Å²) in [4.78, 5) is 2.56. The van der Waals surface area contributed by atoms with Gasteiger partial charge >= 0.3 is 0 Å². The van der Waals surface area contributed by atoms with Crippen molar-refractivity contribution in [2.45, 2.75) is 43.9 Å². The molecule has 0 aromatic heterocycles. The van der Waals surface area contributed by atoms with Gasteiger partial charge in [0.1, 0.15) is 0 Å². The van der Waals surface area contributed by atoms with Crippen LogP contribution < -0.4 is 9.55 Å². The van der Waals surface area contributed by atoms with Crippen LogP contribution in [-0.4, -0.2) is 29.1 Å². The SMILES string of the molecule is CCCNS(=O)(=O)c1ccc(/C(C)=N\NS(=O)(=O)c2cc(C)ccc2C)cc1. The summed E-state index contributed by atoms with van der Waals surface area (Å²) in [5.41, 5.74) is 2.48. The standard InChI is InChI=1S/C19H25N3O4S2/c1-5-12-20-27(23,24)18-10-8-17(9-11-18)16(4)21-22-28(25,26)19-13-14(2)6-7-15(19)3/h6-11,13,20,22H,5,12H2,1-4H3/b21-16-. The van der Waals surface area contributed by atoms with Gasteiger partial charge in [-0.1, -0.05) is 31.2 Å². The quantitative estimate of drug-likeness (QED) is 0.503. The van der Waals surface area contributed by atoms with Gasteiger partial charge in [-0.3, -0.25) is 0 Å². The molecule has 0 bridgehead atoms. The first-order valence-corrected chi connectivity index (χ1v) is 11.8. The molecular weight excluding hydrogens is 398 g/mol. The minimum absolute atomic E-state index is 0.147. The molecule has 2 N–H and O–H groups in total. The van der Waals surface area contributed by atoms with E-state index in [1.807, 2.05) is 19.9 Å². The Morgan fingerprint density at radius 2 is 1.61 bits per heavy atom. The van der Waals surface area contributed by atoms with Crippen molar-refractivity contribution in [2.75, 3.05) is 6.54 Å². The van der Waals surface area contributed by atoms with Crippen molar-refractivity contribution in [2.24, 2.45) is 5.10 Å². The van der Waals surface area contributed by atoms with Crippen LogP contribution in [0.4, 0.5) is 0 Å². The Hall–Kier alpha value is -2.23. The molecule has 0 aliphatic carbocycles. The summed E-state index contributed by atoms with van der Waals surface area (Å²) < 4.78 is 51.8. The lowest BCUT2D eigenvalue weighted by Gasteiger charge is -2.09. The summed E-state index contributed by atoms with van der Waals surface area (Å²) in [5, 5.41) is 3.97. The predicted molar refractivity (Wildman–Crippen MR) is 110 cm³/mol. The van der Waals surface area contributed by atoms with E-state index >= 15 is 0 Å². The molecule has 7 nitrogen and oxygen atoms in total. The molecule has 2 rings (SSSR count). The monoisotopic (exact) mass is 423 g/mol. The van der Waals surface area contributed by atoms with Gasteiger partial charge in [0, 0.05) is 6.54 Å². The second kappa shape index (κ2) is 8.85. The van der Waals surface area contributed by atoms with Crippen molar-refractivity contribution in [3.63, 3.8) is 0 Å². The lowest BCUT2D eigenvalue weighted by atomic mass is 10.1. The molecule has 0 heterocycles. The molecular formula is C19H25N3O4S2. The van der Waals surface area contributed by atoms with Crippen LogP contribution in [-0.2, 0) is 20.0 Å². The molecule has 152 valence electrons. The number of nitrogens with one attached hydrogen (secondary N) is 2. The van der Waals surface area contributed by atoms with E-state index in [0.717, 1.165) is 5.56 Å². The third-order valence-corrected chi connectivity index (χ3v) is 6.92. The lowest BCUT2D eigenvalue weighted by Crippen LogP contribution is -2.24. The second-order valence-electron chi connectivity index (χ2n) is 6.48. The Labute approximate surface area is 167 Å². The molecule has 0 aliphatic rings. The number of aryl methyl sites for hydroxylation is 2. The van der Waals surface area contributed by atoms with Gasteiger partial charge in [0.2, 0.25) is 10.0 Å². The molecule has 0 aliphatic heterocycles. The fourth-order valence-corrected chi connectivity index (χ4v) is 4.76. The first-order chi connectivity index (χ1) is 13.1. The number of hydrogen-bond donors (Lipinski definition) is 2. The topological polar surface area (TPSA) is 105 Å². The van der Waals surface area contributed by atoms with Crippen molar-refractivity contribution in [1.29, 1.82) is 0 Å². The van der Waals surface area contributed by atoms with Crippen LogP contribution in [0.5, 0.6) is 0 Å². The maximum atomic E-state index is 12.5. The number of hydrogen-bond acceptors (Lipinski definition) is 5. The Morgan fingerprint density at radius 3 is 2.21 bits per heavy atom. The van der Waals surface area contributed by atoms with Crippen LogP contribution in [0.2, 0.25) is 0 Å². The van der Waals surface area contributed by atoms with Crippen LogP contribution in [0.3, 0.4) is 0 Å². The van der Waals surface area contributed by atoms with Crippen molar-refractivity contribution in [3.8, 4) is 0 Å². The summed E-state index contributed by atoms with van der Waals surface area (Å²) in [6.07, 6.45) is 0.698. The Bertz CT molecular complexity index is 1070. The second-order valence-corrected chi connectivity index (χ2v) is 9.88. The van der Waals surface area contributed by atoms with E-state index in [9.17, 15) is 16.8 Å². The maximum absolute atomic E-state index is 12.5. The van der Waals surface area contributed by atoms with E-state index in [0.29, 0.717) is 29.8 Å². The zero-order valence-corrected chi connectivity index (χ0v) is 18.0. The highest BCUT2D eigenvalue weighted by molar-refractivity contribution is 7.89. The highest BCUT2D eigenvalue weighted by Crippen LogP contribution is 2.17. The van der Waals surface area contributed by atoms with Crippen LogP contribution in [0, 0.1) is 13.8 Å². The third kappa shape index (κ3) is 5.40. The fraction of sp³-hybridized carbons (Fsp3) is 0.316. The number of sulfonamides is 2. The predicted octanol–water partition coefficient (Wildman–Crippen LogP) is 2.69. The van der Waals surface area contributed by atoms with E-state index in [-0.39, 0.29) is 9.79 Å². The summed E-state index contributed by atoms with van der Waals surface area (Å²) in [5.74, 6) is 0. The van der Waals surface area contributed by atoms with E-state index in [4.69, 9.17) is 0 Å². The van der Waals surface area contributed by atoms with Gasteiger partial charge in [-0.05, 0) is 62.1 Å². The van der Waals surface area contributed by atoms with E-state index < -0.39 is 20.0 Å². The van der Waals surface area contributed by atoms with Gasteiger partial charge in [0.05, 0.1) is 15.5 Å².